The predicted octanol–water partition coefficient (Wildman–Crippen LogP) is 1.97. The second-order valence-electron chi connectivity index (χ2n) is 4.86. The summed E-state index contributed by atoms with van der Waals surface area (Å²) in [7, 11) is 3.39. The van der Waals surface area contributed by atoms with Crippen molar-refractivity contribution in [2.75, 3.05) is 7.11 Å². The molecule has 1 unspecified atom stereocenters. The molecule has 0 aliphatic rings. The van der Waals surface area contributed by atoms with E-state index in [1.807, 2.05) is 25.3 Å². The van der Waals surface area contributed by atoms with E-state index in [1.54, 1.807) is 18.8 Å². The molecule has 5 nitrogen and oxygen atoms in total. The summed E-state index contributed by atoms with van der Waals surface area (Å²) in [5.41, 5.74) is 3.57. The Hall–Kier alpha value is -1.88. The van der Waals surface area contributed by atoms with Crippen LogP contribution in [0.15, 0.2) is 18.3 Å². The lowest BCUT2D eigenvalue weighted by Crippen LogP contribution is -2.06. The third-order valence-electron chi connectivity index (χ3n) is 3.44. The molecule has 1 N–H and O–H groups in total. The number of rotatable bonds is 5. The number of hydrogen-bond acceptors (Lipinski definition) is 4. The smallest absolute Gasteiger partial charge is 0.217 e. The summed E-state index contributed by atoms with van der Waals surface area (Å²) in [5, 5.41) is 14.7. The molecule has 0 saturated carbocycles. The lowest BCUT2D eigenvalue weighted by molar-refractivity contribution is 0.171. The van der Waals surface area contributed by atoms with Gasteiger partial charge < -0.3 is 9.84 Å². The van der Waals surface area contributed by atoms with Crippen LogP contribution in [-0.2, 0) is 19.9 Å². The maximum absolute atomic E-state index is 10.4. The summed E-state index contributed by atoms with van der Waals surface area (Å²) in [6, 6.07) is 4.00. The van der Waals surface area contributed by atoms with Crippen LogP contribution in [0.3, 0.4) is 0 Å². The number of pyridine rings is 1. The highest BCUT2D eigenvalue weighted by atomic mass is 16.5. The molecule has 2 rings (SSSR count). The summed E-state index contributed by atoms with van der Waals surface area (Å²) in [5.74, 6) is 0.597. The molecule has 0 aliphatic carbocycles. The van der Waals surface area contributed by atoms with Crippen molar-refractivity contribution in [2.45, 2.75) is 32.8 Å². The second-order valence-corrected chi connectivity index (χ2v) is 4.86. The maximum atomic E-state index is 10.4. The molecule has 0 amide bonds. The Labute approximate surface area is 119 Å². The topological polar surface area (TPSA) is 60.2 Å². The van der Waals surface area contributed by atoms with E-state index in [0.717, 1.165) is 23.4 Å². The first-order chi connectivity index (χ1) is 9.56. The zero-order valence-electron chi connectivity index (χ0n) is 12.4. The Bertz CT molecular complexity index is 576. The minimum atomic E-state index is -0.668. The van der Waals surface area contributed by atoms with Crippen molar-refractivity contribution >= 4 is 0 Å². The standard InChI is InChI=1S/C15H21N3O2/c1-5-11-6-7-12(16-9-11)8-13(19)14-10(2)17-18(3)15(14)20-4/h6-7,9,13,19H,5,8H2,1-4H3. The fraction of sp³-hybridized carbons (Fsp3) is 0.467. The molecular formula is C15H21N3O2. The number of hydrogen-bond donors (Lipinski definition) is 1. The van der Waals surface area contributed by atoms with E-state index in [0.29, 0.717) is 12.3 Å². The van der Waals surface area contributed by atoms with Gasteiger partial charge in [-0.1, -0.05) is 13.0 Å². The molecule has 2 aromatic rings. The van der Waals surface area contributed by atoms with Gasteiger partial charge in [0.05, 0.1) is 24.5 Å². The third kappa shape index (κ3) is 2.82. The molecule has 0 fully saturated rings. The van der Waals surface area contributed by atoms with Crippen LogP contribution < -0.4 is 4.74 Å². The Balaban J connectivity index is 2.21. The number of methoxy groups -OCH3 is 1. The van der Waals surface area contributed by atoms with Gasteiger partial charge in [0.15, 0.2) is 0 Å². The van der Waals surface area contributed by atoms with Crippen LogP contribution in [0.1, 0.15) is 35.5 Å². The highest BCUT2D eigenvalue weighted by Crippen LogP contribution is 2.29. The van der Waals surface area contributed by atoms with Crippen LogP contribution in [-0.4, -0.2) is 27.0 Å². The largest absolute Gasteiger partial charge is 0.481 e. The Morgan fingerprint density at radius 1 is 1.40 bits per heavy atom. The van der Waals surface area contributed by atoms with Crippen molar-refractivity contribution in [3.8, 4) is 5.88 Å². The van der Waals surface area contributed by atoms with Crippen molar-refractivity contribution < 1.29 is 9.84 Å². The van der Waals surface area contributed by atoms with Gasteiger partial charge in [-0.25, -0.2) is 4.68 Å². The molecule has 0 aromatic carbocycles. The van der Waals surface area contributed by atoms with E-state index < -0.39 is 6.10 Å². The lowest BCUT2D eigenvalue weighted by Gasteiger charge is -2.12. The molecule has 5 heteroatoms. The van der Waals surface area contributed by atoms with Gasteiger partial charge >= 0.3 is 0 Å². The molecule has 108 valence electrons. The van der Waals surface area contributed by atoms with Gasteiger partial charge in [0, 0.05) is 25.4 Å². The minimum absolute atomic E-state index is 0.451. The Kier molecular flexibility index (Phi) is 4.39. The lowest BCUT2D eigenvalue weighted by atomic mass is 10.0. The molecule has 0 spiro atoms. The summed E-state index contributed by atoms with van der Waals surface area (Å²) in [6.45, 7) is 3.96. The zero-order chi connectivity index (χ0) is 14.7. The van der Waals surface area contributed by atoms with Gasteiger partial charge in [0.2, 0.25) is 5.88 Å². The molecule has 0 aliphatic heterocycles. The molecule has 0 radical (unpaired) electrons. The number of ether oxygens (including phenoxy) is 1. The average molecular weight is 275 g/mol. The number of nitrogens with zero attached hydrogens (tertiary/aromatic N) is 3. The summed E-state index contributed by atoms with van der Waals surface area (Å²) in [6.07, 6.45) is 2.60. The van der Waals surface area contributed by atoms with E-state index >= 15 is 0 Å². The number of aliphatic hydroxyl groups is 1. The summed E-state index contributed by atoms with van der Waals surface area (Å²) < 4.78 is 6.95. The van der Waals surface area contributed by atoms with Gasteiger partial charge in [0.25, 0.3) is 0 Å². The van der Waals surface area contributed by atoms with Crippen molar-refractivity contribution in [3.05, 3.63) is 40.8 Å². The SMILES string of the molecule is CCc1ccc(CC(O)c2c(C)nn(C)c2OC)nc1. The van der Waals surface area contributed by atoms with Crippen molar-refractivity contribution in [2.24, 2.45) is 7.05 Å². The van der Waals surface area contributed by atoms with E-state index in [4.69, 9.17) is 4.74 Å². The molecule has 2 heterocycles. The first-order valence-electron chi connectivity index (χ1n) is 6.76. The van der Waals surface area contributed by atoms with E-state index in [9.17, 15) is 5.11 Å². The van der Waals surface area contributed by atoms with Crippen molar-refractivity contribution in [1.29, 1.82) is 0 Å². The van der Waals surface area contributed by atoms with Crippen LogP contribution in [0.5, 0.6) is 5.88 Å². The first-order valence-corrected chi connectivity index (χ1v) is 6.76. The van der Waals surface area contributed by atoms with Crippen LogP contribution in [0, 0.1) is 6.92 Å². The fourth-order valence-electron chi connectivity index (χ4n) is 2.36. The van der Waals surface area contributed by atoms with E-state index in [1.165, 1.54) is 5.56 Å². The first kappa shape index (κ1) is 14.5. The van der Waals surface area contributed by atoms with Crippen molar-refractivity contribution in [1.82, 2.24) is 14.8 Å². The van der Waals surface area contributed by atoms with Gasteiger partial charge in [-0.15, -0.1) is 0 Å². The van der Waals surface area contributed by atoms with Crippen LogP contribution in [0.2, 0.25) is 0 Å². The maximum Gasteiger partial charge on any atom is 0.217 e. The van der Waals surface area contributed by atoms with Gasteiger partial charge in [0.1, 0.15) is 0 Å². The highest BCUT2D eigenvalue weighted by molar-refractivity contribution is 5.34. The fourth-order valence-corrected chi connectivity index (χ4v) is 2.36. The molecule has 0 saturated heterocycles. The second kappa shape index (κ2) is 6.05. The summed E-state index contributed by atoms with van der Waals surface area (Å²) in [4.78, 5) is 4.38. The molecule has 20 heavy (non-hydrogen) atoms. The normalized spacial score (nSPS) is 12.4. The quantitative estimate of drug-likeness (QED) is 0.906. The van der Waals surface area contributed by atoms with Gasteiger partial charge in [-0.05, 0) is 25.0 Å². The zero-order valence-corrected chi connectivity index (χ0v) is 12.4. The monoisotopic (exact) mass is 275 g/mol. The van der Waals surface area contributed by atoms with Crippen LogP contribution in [0.25, 0.3) is 0 Å². The van der Waals surface area contributed by atoms with Gasteiger partial charge in [-0.2, -0.15) is 5.10 Å². The number of aromatic nitrogens is 3. The molecule has 0 bridgehead atoms. The molecule has 1 atom stereocenters. The number of aryl methyl sites for hydroxylation is 3. The minimum Gasteiger partial charge on any atom is -0.481 e. The molecular weight excluding hydrogens is 254 g/mol. The van der Waals surface area contributed by atoms with E-state index in [-0.39, 0.29) is 0 Å². The summed E-state index contributed by atoms with van der Waals surface area (Å²) >= 11 is 0. The average Bonchev–Trinajstić information content (AvgIpc) is 2.73. The highest BCUT2D eigenvalue weighted by Gasteiger charge is 2.22. The Morgan fingerprint density at radius 2 is 2.15 bits per heavy atom. The van der Waals surface area contributed by atoms with E-state index in [2.05, 4.69) is 17.0 Å². The molecule has 2 aromatic heterocycles. The predicted molar refractivity (Wildman–Crippen MR) is 76.8 cm³/mol. The van der Waals surface area contributed by atoms with Gasteiger partial charge in [-0.3, -0.25) is 4.98 Å². The Morgan fingerprint density at radius 3 is 2.70 bits per heavy atom. The number of aliphatic hydroxyl groups excluding tert-OH is 1. The van der Waals surface area contributed by atoms with Crippen molar-refractivity contribution in [3.63, 3.8) is 0 Å². The third-order valence-corrected chi connectivity index (χ3v) is 3.44. The van der Waals surface area contributed by atoms with Crippen LogP contribution >= 0.6 is 0 Å². The van der Waals surface area contributed by atoms with Crippen LogP contribution in [0.4, 0.5) is 0 Å².